The van der Waals surface area contributed by atoms with Gasteiger partial charge in [-0.15, -0.1) is 0 Å². The van der Waals surface area contributed by atoms with E-state index < -0.39 is 12.8 Å². The van der Waals surface area contributed by atoms with Gasteiger partial charge in [-0.2, -0.15) is 13.2 Å². The highest BCUT2D eigenvalue weighted by Crippen LogP contribution is 2.13. The van der Waals surface area contributed by atoms with E-state index in [0.29, 0.717) is 6.54 Å². The number of halogens is 3. The van der Waals surface area contributed by atoms with Crippen molar-refractivity contribution in [1.29, 1.82) is 0 Å². The number of rotatable bonds is 7. The molecule has 0 bridgehead atoms. The second-order valence-electron chi connectivity index (χ2n) is 4.94. The molecule has 0 aromatic heterocycles. The Morgan fingerprint density at radius 1 is 1.17 bits per heavy atom. The number of hydrogen-bond donors (Lipinski definition) is 2. The quantitative estimate of drug-likeness (QED) is 0.689. The SMILES string of the molecule is CC(C)(C)NCCC(=O)NCCOCC(F)(F)F. The molecule has 1 amide bonds. The Bertz CT molecular complexity index is 250. The molecule has 0 unspecified atom stereocenters. The van der Waals surface area contributed by atoms with E-state index in [9.17, 15) is 18.0 Å². The van der Waals surface area contributed by atoms with Crippen LogP contribution in [0.5, 0.6) is 0 Å². The van der Waals surface area contributed by atoms with Gasteiger partial charge in [-0.05, 0) is 20.8 Å². The van der Waals surface area contributed by atoms with Gasteiger partial charge < -0.3 is 15.4 Å². The molecule has 0 saturated heterocycles. The van der Waals surface area contributed by atoms with Crippen LogP contribution in [0.25, 0.3) is 0 Å². The zero-order chi connectivity index (χ0) is 14.2. The van der Waals surface area contributed by atoms with Crippen molar-refractivity contribution in [3.63, 3.8) is 0 Å². The summed E-state index contributed by atoms with van der Waals surface area (Å²) in [5.41, 5.74) is -0.0594. The third-order valence-electron chi connectivity index (χ3n) is 1.84. The Kier molecular flexibility index (Phi) is 7.23. The minimum atomic E-state index is -4.32. The van der Waals surface area contributed by atoms with E-state index in [1.54, 1.807) is 0 Å². The Hall–Kier alpha value is -0.820. The van der Waals surface area contributed by atoms with Crippen LogP contribution in [-0.4, -0.2) is 43.9 Å². The molecule has 18 heavy (non-hydrogen) atoms. The average molecular weight is 270 g/mol. The van der Waals surface area contributed by atoms with Crippen LogP contribution in [-0.2, 0) is 9.53 Å². The second kappa shape index (κ2) is 7.58. The molecular weight excluding hydrogens is 249 g/mol. The molecule has 0 aliphatic heterocycles. The van der Waals surface area contributed by atoms with E-state index in [-0.39, 0.29) is 31.0 Å². The molecule has 0 saturated carbocycles. The zero-order valence-electron chi connectivity index (χ0n) is 11.0. The highest BCUT2D eigenvalue weighted by molar-refractivity contribution is 5.76. The largest absolute Gasteiger partial charge is 0.411 e. The van der Waals surface area contributed by atoms with E-state index in [4.69, 9.17) is 0 Å². The molecule has 0 rings (SSSR count). The molecule has 0 spiro atoms. The van der Waals surface area contributed by atoms with E-state index in [2.05, 4.69) is 15.4 Å². The van der Waals surface area contributed by atoms with E-state index in [0.717, 1.165) is 0 Å². The maximum Gasteiger partial charge on any atom is 0.411 e. The third-order valence-corrected chi connectivity index (χ3v) is 1.84. The van der Waals surface area contributed by atoms with Gasteiger partial charge in [0, 0.05) is 25.0 Å². The van der Waals surface area contributed by atoms with Crippen LogP contribution in [0.3, 0.4) is 0 Å². The normalized spacial score (nSPS) is 12.6. The van der Waals surface area contributed by atoms with Crippen LogP contribution >= 0.6 is 0 Å². The second-order valence-corrected chi connectivity index (χ2v) is 4.94. The fourth-order valence-corrected chi connectivity index (χ4v) is 1.09. The summed E-state index contributed by atoms with van der Waals surface area (Å²) in [6, 6.07) is 0. The number of ether oxygens (including phenoxy) is 1. The third kappa shape index (κ3) is 13.2. The van der Waals surface area contributed by atoms with Crippen molar-refractivity contribution in [3.05, 3.63) is 0 Å². The van der Waals surface area contributed by atoms with Crippen LogP contribution in [0, 0.1) is 0 Å². The molecule has 4 nitrogen and oxygen atoms in total. The van der Waals surface area contributed by atoms with Crippen molar-refractivity contribution in [1.82, 2.24) is 10.6 Å². The lowest BCUT2D eigenvalue weighted by molar-refractivity contribution is -0.173. The van der Waals surface area contributed by atoms with Gasteiger partial charge in [0.2, 0.25) is 5.91 Å². The van der Waals surface area contributed by atoms with Crippen LogP contribution in [0.2, 0.25) is 0 Å². The topological polar surface area (TPSA) is 50.4 Å². The Morgan fingerprint density at radius 3 is 2.28 bits per heavy atom. The highest BCUT2D eigenvalue weighted by atomic mass is 19.4. The summed E-state index contributed by atoms with van der Waals surface area (Å²) in [4.78, 5) is 11.3. The molecule has 0 aromatic rings. The lowest BCUT2D eigenvalue weighted by atomic mass is 10.1. The molecule has 0 aliphatic carbocycles. The molecule has 0 aromatic carbocycles. The van der Waals surface area contributed by atoms with Crippen LogP contribution in [0.1, 0.15) is 27.2 Å². The Morgan fingerprint density at radius 2 is 1.78 bits per heavy atom. The molecule has 0 heterocycles. The number of amides is 1. The minimum absolute atomic E-state index is 0.0594. The van der Waals surface area contributed by atoms with Crippen molar-refractivity contribution in [2.45, 2.75) is 38.9 Å². The summed E-state index contributed by atoms with van der Waals surface area (Å²) in [5.74, 6) is -0.206. The van der Waals surface area contributed by atoms with Crippen molar-refractivity contribution < 1.29 is 22.7 Å². The van der Waals surface area contributed by atoms with E-state index in [1.165, 1.54) is 0 Å². The molecule has 108 valence electrons. The summed E-state index contributed by atoms with van der Waals surface area (Å²) < 4.78 is 39.4. The van der Waals surface area contributed by atoms with Crippen molar-refractivity contribution in [2.75, 3.05) is 26.3 Å². The molecule has 0 fully saturated rings. The number of alkyl halides is 3. The minimum Gasteiger partial charge on any atom is -0.370 e. The van der Waals surface area contributed by atoms with Crippen LogP contribution < -0.4 is 10.6 Å². The smallest absolute Gasteiger partial charge is 0.370 e. The number of nitrogens with one attached hydrogen (secondary N) is 2. The zero-order valence-corrected chi connectivity index (χ0v) is 11.0. The van der Waals surface area contributed by atoms with Gasteiger partial charge in [0.1, 0.15) is 6.61 Å². The molecule has 0 atom stereocenters. The highest BCUT2D eigenvalue weighted by Gasteiger charge is 2.27. The van der Waals surface area contributed by atoms with E-state index >= 15 is 0 Å². The van der Waals surface area contributed by atoms with Gasteiger partial charge in [-0.3, -0.25) is 4.79 Å². The number of hydrogen-bond acceptors (Lipinski definition) is 3. The van der Waals surface area contributed by atoms with Crippen LogP contribution in [0.15, 0.2) is 0 Å². The summed E-state index contributed by atoms with van der Waals surface area (Å²) >= 11 is 0. The first kappa shape index (κ1) is 17.2. The molecule has 2 N–H and O–H groups in total. The van der Waals surface area contributed by atoms with Gasteiger partial charge in [0.05, 0.1) is 6.61 Å². The van der Waals surface area contributed by atoms with Gasteiger partial charge in [0.25, 0.3) is 0 Å². The standard InChI is InChI=1S/C11H21F3N2O2/c1-10(2,3)16-5-4-9(17)15-6-7-18-8-11(12,13)14/h16H,4-8H2,1-3H3,(H,15,17). The lowest BCUT2D eigenvalue weighted by Gasteiger charge is -2.20. The fourth-order valence-electron chi connectivity index (χ4n) is 1.09. The maximum atomic E-state index is 11.7. The molecule has 0 aliphatic rings. The van der Waals surface area contributed by atoms with Crippen molar-refractivity contribution >= 4 is 5.91 Å². The first-order chi connectivity index (χ1) is 8.10. The van der Waals surface area contributed by atoms with Gasteiger partial charge >= 0.3 is 6.18 Å². The summed E-state index contributed by atoms with van der Waals surface area (Å²) in [6.07, 6.45) is -4.03. The monoisotopic (exact) mass is 270 g/mol. The van der Waals surface area contributed by atoms with Gasteiger partial charge in [-0.1, -0.05) is 0 Å². The predicted molar refractivity (Wildman–Crippen MR) is 62.3 cm³/mol. The summed E-state index contributed by atoms with van der Waals surface area (Å²) in [6.45, 7) is 5.14. The fraction of sp³-hybridized carbons (Fsp3) is 0.909. The Labute approximate surface area is 105 Å². The predicted octanol–water partition coefficient (Wildman–Crippen LogP) is 1.46. The van der Waals surface area contributed by atoms with Crippen molar-refractivity contribution in [3.8, 4) is 0 Å². The maximum absolute atomic E-state index is 11.7. The first-order valence-electron chi connectivity index (χ1n) is 5.76. The molecule has 0 radical (unpaired) electrons. The first-order valence-corrected chi connectivity index (χ1v) is 5.76. The van der Waals surface area contributed by atoms with E-state index in [1.807, 2.05) is 20.8 Å². The van der Waals surface area contributed by atoms with Gasteiger partial charge in [0.15, 0.2) is 0 Å². The van der Waals surface area contributed by atoms with Crippen molar-refractivity contribution in [2.24, 2.45) is 0 Å². The lowest BCUT2D eigenvalue weighted by Crippen LogP contribution is -2.39. The average Bonchev–Trinajstić information content (AvgIpc) is 2.13. The van der Waals surface area contributed by atoms with Crippen LogP contribution in [0.4, 0.5) is 13.2 Å². The summed E-state index contributed by atoms with van der Waals surface area (Å²) in [5, 5.41) is 5.62. The van der Waals surface area contributed by atoms with Gasteiger partial charge in [-0.25, -0.2) is 0 Å². The molecule has 7 heteroatoms. The Balaban J connectivity index is 3.44. The number of carbonyl (C=O) groups excluding carboxylic acids is 1. The number of carbonyl (C=O) groups is 1. The molecular formula is C11H21F3N2O2. The summed E-state index contributed by atoms with van der Waals surface area (Å²) in [7, 11) is 0.